The van der Waals surface area contributed by atoms with Crippen molar-refractivity contribution in [3.8, 4) is 0 Å². The Morgan fingerprint density at radius 3 is 3.00 bits per heavy atom. The Labute approximate surface area is 127 Å². The van der Waals surface area contributed by atoms with Gasteiger partial charge in [0, 0.05) is 11.6 Å². The van der Waals surface area contributed by atoms with Crippen LogP contribution in [0.25, 0.3) is 0 Å². The van der Waals surface area contributed by atoms with Crippen LogP contribution in [0.2, 0.25) is 0 Å². The molecule has 5 nitrogen and oxygen atoms in total. The lowest BCUT2D eigenvalue weighted by Crippen LogP contribution is -2.15. The zero-order valence-corrected chi connectivity index (χ0v) is 12.7. The van der Waals surface area contributed by atoms with E-state index >= 15 is 0 Å². The van der Waals surface area contributed by atoms with E-state index in [2.05, 4.69) is 27.4 Å². The third-order valence-corrected chi connectivity index (χ3v) is 4.30. The van der Waals surface area contributed by atoms with Crippen LogP contribution in [-0.2, 0) is 11.2 Å². The SMILES string of the molecule is CCc1ccccc1NC(=O)CSc1n[nH]c(C2CC2)n1. The van der Waals surface area contributed by atoms with E-state index in [0.717, 1.165) is 23.5 Å². The summed E-state index contributed by atoms with van der Waals surface area (Å²) in [6, 6.07) is 7.87. The van der Waals surface area contributed by atoms with E-state index in [1.165, 1.54) is 24.6 Å². The Bertz CT molecular complexity index is 636. The molecule has 1 aliphatic rings. The van der Waals surface area contributed by atoms with Crippen LogP contribution in [0.1, 0.15) is 37.1 Å². The molecule has 0 unspecified atom stereocenters. The Morgan fingerprint density at radius 2 is 2.24 bits per heavy atom. The van der Waals surface area contributed by atoms with Gasteiger partial charge in [-0.2, -0.15) is 0 Å². The number of aromatic amines is 1. The van der Waals surface area contributed by atoms with Crippen LogP contribution in [0.4, 0.5) is 5.69 Å². The number of nitrogens with zero attached hydrogens (tertiary/aromatic N) is 2. The molecule has 0 saturated heterocycles. The summed E-state index contributed by atoms with van der Waals surface area (Å²) < 4.78 is 0. The molecule has 0 radical (unpaired) electrons. The van der Waals surface area contributed by atoms with Crippen LogP contribution >= 0.6 is 11.8 Å². The molecule has 1 amide bonds. The average molecular weight is 302 g/mol. The Morgan fingerprint density at radius 1 is 1.43 bits per heavy atom. The first-order valence-electron chi connectivity index (χ1n) is 7.19. The van der Waals surface area contributed by atoms with Crippen molar-refractivity contribution < 1.29 is 4.79 Å². The van der Waals surface area contributed by atoms with Crippen molar-refractivity contribution in [3.63, 3.8) is 0 Å². The number of aromatic nitrogens is 3. The number of hydrogen-bond donors (Lipinski definition) is 2. The van der Waals surface area contributed by atoms with Crippen molar-refractivity contribution >= 4 is 23.4 Å². The van der Waals surface area contributed by atoms with Crippen molar-refractivity contribution in [1.29, 1.82) is 0 Å². The minimum Gasteiger partial charge on any atom is -0.325 e. The maximum atomic E-state index is 12.0. The summed E-state index contributed by atoms with van der Waals surface area (Å²) in [6.07, 6.45) is 3.27. The van der Waals surface area contributed by atoms with Crippen LogP contribution in [0, 0.1) is 0 Å². The number of rotatable bonds is 6. The second-order valence-electron chi connectivity index (χ2n) is 5.13. The van der Waals surface area contributed by atoms with Gasteiger partial charge in [-0.25, -0.2) is 4.98 Å². The monoisotopic (exact) mass is 302 g/mol. The van der Waals surface area contributed by atoms with E-state index in [4.69, 9.17) is 0 Å². The van der Waals surface area contributed by atoms with Gasteiger partial charge in [0.1, 0.15) is 5.82 Å². The number of carbonyl (C=O) groups is 1. The minimum absolute atomic E-state index is 0.0290. The fourth-order valence-electron chi connectivity index (χ4n) is 2.13. The maximum Gasteiger partial charge on any atom is 0.234 e. The first-order chi connectivity index (χ1) is 10.3. The highest BCUT2D eigenvalue weighted by Crippen LogP contribution is 2.38. The fourth-order valence-corrected chi connectivity index (χ4v) is 2.73. The molecule has 1 heterocycles. The second kappa shape index (κ2) is 6.30. The van der Waals surface area contributed by atoms with Crippen molar-refractivity contribution in [2.45, 2.75) is 37.3 Å². The smallest absolute Gasteiger partial charge is 0.234 e. The van der Waals surface area contributed by atoms with Crippen LogP contribution in [-0.4, -0.2) is 26.8 Å². The fraction of sp³-hybridized carbons (Fsp3) is 0.400. The van der Waals surface area contributed by atoms with E-state index in [1.54, 1.807) is 0 Å². The predicted molar refractivity (Wildman–Crippen MR) is 83.5 cm³/mol. The standard InChI is InChI=1S/C15H18N4OS/c1-2-10-5-3-4-6-12(10)16-13(20)9-21-15-17-14(18-19-15)11-7-8-11/h3-6,11H,2,7-9H2,1H3,(H,16,20)(H,17,18,19). The van der Waals surface area contributed by atoms with Gasteiger partial charge >= 0.3 is 0 Å². The van der Waals surface area contributed by atoms with Gasteiger partial charge in [0.2, 0.25) is 11.1 Å². The molecule has 21 heavy (non-hydrogen) atoms. The number of benzene rings is 1. The highest BCUT2D eigenvalue weighted by molar-refractivity contribution is 7.99. The first-order valence-corrected chi connectivity index (χ1v) is 8.17. The molecule has 1 aromatic heterocycles. The van der Waals surface area contributed by atoms with E-state index in [-0.39, 0.29) is 5.91 Å². The Balaban J connectivity index is 1.53. The van der Waals surface area contributed by atoms with E-state index in [0.29, 0.717) is 16.8 Å². The highest BCUT2D eigenvalue weighted by Gasteiger charge is 2.27. The zero-order chi connectivity index (χ0) is 14.7. The zero-order valence-electron chi connectivity index (χ0n) is 11.9. The van der Waals surface area contributed by atoms with E-state index in [9.17, 15) is 4.79 Å². The molecule has 0 spiro atoms. The Kier molecular flexibility index (Phi) is 4.24. The predicted octanol–water partition coefficient (Wildman–Crippen LogP) is 2.98. The summed E-state index contributed by atoms with van der Waals surface area (Å²) in [7, 11) is 0. The molecule has 110 valence electrons. The molecular formula is C15H18N4OS. The van der Waals surface area contributed by atoms with Gasteiger partial charge in [-0.3, -0.25) is 9.89 Å². The average Bonchev–Trinajstić information content (AvgIpc) is 3.25. The topological polar surface area (TPSA) is 70.7 Å². The normalized spacial score (nSPS) is 14.1. The molecule has 0 aliphatic heterocycles. The number of H-pyrrole nitrogens is 1. The summed E-state index contributed by atoms with van der Waals surface area (Å²) in [6.45, 7) is 2.08. The Hall–Kier alpha value is -1.82. The first kappa shape index (κ1) is 14.1. The number of amides is 1. The van der Waals surface area contributed by atoms with Gasteiger partial charge in [0.05, 0.1) is 5.75 Å². The molecule has 1 aliphatic carbocycles. The molecule has 0 bridgehead atoms. The van der Waals surface area contributed by atoms with Gasteiger partial charge in [-0.15, -0.1) is 5.10 Å². The van der Waals surface area contributed by atoms with Crippen molar-refractivity contribution in [2.75, 3.05) is 11.1 Å². The summed E-state index contributed by atoms with van der Waals surface area (Å²) in [5.41, 5.74) is 2.03. The molecule has 1 fully saturated rings. The number of aryl methyl sites for hydroxylation is 1. The lowest BCUT2D eigenvalue weighted by molar-refractivity contribution is -0.113. The number of carbonyl (C=O) groups excluding carboxylic acids is 1. The summed E-state index contributed by atoms with van der Waals surface area (Å²) in [4.78, 5) is 16.4. The molecule has 2 aromatic rings. The van der Waals surface area contributed by atoms with Crippen LogP contribution in [0.15, 0.2) is 29.4 Å². The lowest BCUT2D eigenvalue weighted by atomic mass is 10.1. The molecule has 3 rings (SSSR count). The molecule has 1 aromatic carbocycles. The van der Waals surface area contributed by atoms with Crippen LogP contribution in [0.5, 0.6) is 0 Å². The third-order valence-electron chi connectivity index (χ3n) is 3.45. The second-order valence-corrected chi connectivity index (χ2v) is 6.07. The number of para-hydroxylation sites is 1. The largest absolute Gasteiger partial charge is 0.325 e. The summed E-state index contributed by atoms with van der Waals surface area (Å²) in [5, 5.41) is 10.7. The molecule has 2 N–H and O–H groups in total. The number of hydrogen-bond acceptors (Lipinski definition) is 4. The van der Waals surface area contributed by atoms with Gasteiger partial charge in [0.15, 0.2) is 0 Å². The van der Waals surface area contributed by atoms with E-state index < -0.39 is 0 Å². The van der Waals surface area contributed by atoms with Crippen molar-refractivity contribution in [1.82, 2.24) is 15.2 Å². The van der Waals surface area contributed by atoms with Gasteiger partial charge in [0.25, 0.3) is 0 Å². The van der Waals surface area contributed by atoms with Gasteiger partial charge in [-0.05, 0) is 30.9 Å². The minimum atomic E-state index is -0.0290. The lowest BCUT2D eigenvalue weighted by Gasteiger charge is -2.08. The van der Waals surface area contributed by atoms with Crippen LogP contribution in [0.3, 0.4) is 0 Å². The highest BCUT2D eigenvalue weighted by atomic mass is 32.2. The molecule has 1 saturated carbocycles. The van der Waals surface area contributed by atoms with Crippen LogP contribution < -0.4 is 5.32 Å². The summed E-state index contributed by atoms with van der Waals surface area (Å²) >= 11 is 1.36. The van der Waals surface area contributed by atoms with E-state index in [1.807, 2.05) is 24.3 Å². The molecule has 0 atom stereocenters. The van der Waals surface area contributed by atoms with Crippen molar-refractivity contribution in [2.24, 2.45) is 0 Å². The van der Waals surface area contributed by atoms with Gasteiger partial charge in [-0.1, -0.05) is 36.9 Å². The number of anilines is 1. The number of nitrogens with one attached hydrogen (secondary N) is 2. The molecule has 6 heteroatoms. The quantitative estimate of drug-likeness (QED) is 0.805. The van der Waals surface area contributed by atoms with Gasteiger partial charge < -0.3 is 5.32 Å². The summed E-state index contributed by atoms with van der Waals surface area (Å²) in [5.74, 6) is 1.80. The number of thioether (sulfide) groups is 1. The molecular weight excluding hydrogens is 284 g/mol. The van der Waals surface area contributed by atoms with Crippen molar-refractivity contribution in [3.05, 3.63) is 35.7 Å². The maximum absolute atomic E-state index is 12.0. The third kappa shape index (κ3) is 3.64.